The van der Waals surface area contributed by atoms with Gasteiger partial charge in [-0.3, -0.25) is 0 Å². The Morgan fingerprint density at radius 1 is 1.00 bits per heavy atom. The van der Waals surface area contributed by atoms with Crippen molar-refractivity contribution in [3.05, 3.63) is 12.1 Å². The predicted molar refractivity (Wildman–Crippen MR) is 78.9 cm³/mol. The second kappa shape index (κ2) is 4.22. The van der Waals surface area contributed by atoms with Crippen molar-refractivity contribution >= 4 is 11.4 Å². The molecule has 0 amide bonds. The molecule has 0 atom stereocenters. The molecule has 1 aliphatic rings. The molecular formula is C15H24N2O2. The van der Waals surface area contributed by atoms with Crippen LogP contribution >= 0.6 is 0 Å². The van der Waals surface area contributed by atoms with Crippen LogP contribution in [0.5, 0.6) is 11.5 Å². The Kier molecular flexibility index (Phi) is 3.07. The molecule has 0 radical (unpaired) electrons. The van der Waals surface area contributed by atoms with Gasteiger partial charge in [0, 0.05) is 18.2 Å². The Hall–Kier alpha value is -1.58. The van der Waals surface area contributed by atoms with Gasteiger partial charge in [0.2, 0.25) is 0 Å². The molecule has 3 N–H and O–H groups in total. The summed E-state index contributed by atoms with van der Waals surface area (Å²) in [5, 5.41) is 3.53. The second-order valence-electron chi connectivity index (χ2n) is 6.32. The van der Waals surface area contributed by atoms with Gasteiger partial charge in [-0.1, -0.05) is 27.7 Å². The fraction of sp³-hybridized carbons (Fsp3) is 0.600. The Balaban J connectivity index is 2.28. The molecule has 1 aromatic rings. The number of ether oxygens (including phenoxy) is 2. The predicted octanol–water partition coefficient (Wildman–Crippen LogP) is 3.13. The summed E-state index contributed by atoms with van der Waals surface area (Å²) in [7, 11) is 3.24. The molecule has 4 nitrogen and oxygen atoms in total. The SMILES string of the molecule is COc1cc(N)c(NC2C(C)(C)C2(C)C)cc1OC. The van der Waals surface area contributed by atoms with Crippen molar-refractivity contribution in [3.63, 3.8) is 0 Å². The molecule has 0 aliphatic heterocycles. The van der Waals surface area contributed by atoms with Gasteiger partial charge in [-0.25, -0.2) is 0 Å². The Bertz CT molecular complexity index is 481. The summed E-state index contributed by atoms with van der Waals surface area (Å²) in [5.41, 5.74) is 8.17. The number of nitrogen functional groups attached to an aromatic ring is 1. The van der Waals surface area contributed by atoms with Gasteiger partial charge in [0.05, 0.1) is 25.6 Å². The first kappa shape index (κ1) is 13.8. The lowest BCUT2D eigenvalue weighted by molar-refractivity contribution is 0.355. The average Bonchev–Trinajstić information content (AvgIpc) is 2.73. The molecule has 1 aromatic carbocycles. The first-order valence-electron chi connectivity index (χ1n) is 6.53. The minimum Gasteiger partial charge on any atom is -0.493 e. The zero-order valence-electron chi connectivity index (χ0n) is 12.6. The van der Waals surface area contributed by atoms with Crippen LogP contribution in [0.1, 0.15) is 27.7 Å². The standard InChI is InChI=1S/C15H24N2O2/c1-14(2)13(15(14,3)4)17-10-8-12(19-6)11(18-5)7-9(10)16/h7-8,13,17H,16H2,1-6H3. The van der Waals surface area contributed by atoms with Crippen molar-refractivity contribution in [2.75, 3.05) is 25.3 Å². The lowest BCUT2D eigenvalue weighted by Gasteiger charge is -2.15. The molecule has 4 heteroatoms. The molecular weight excluding hydrogens is 240 g/mol. The lowest BCUT2D eigenvalue weighted by atomic mass is 10.0. The fourth-order valence-electron chi connectivity index (χ4n) is 2.73. The van der Waals surface area contributed by atoms with Crippen LogP contribution in [-0.2, 0) is 0 Å². The van der Waals surface area contributed by atoms with Gasteiger partial charge in [-0.2, -0.15) is 0 Å². The molecule has 0 heterocycles. The van der Waals surface area contributed by atoms with Crippen LogP contribution in [0, 0.1) is 10.8 Å². The Morgan fingerprint density at radius 2 is 1.47 bits per heavy atom. The summed E-state index contributed by atoms with van der Waals surface area (Å²) in [4.78, 5) is 0. The van der Waals surface area contributed by atoms with Gasteiger partial charge in [0.1, 0.15) is 0 Å². The molecule has 0 saturated heterocycles. The molecule has 19 heavy (non-hydrogen) atoms. The third kappa shape index (κ3) is 1.99. The van der Waals surface area contributed by atoms with E-state index < -0.39 is 0 Å². The van der Waals surface area contributed by atoms with Crippen LogP contribution < -0.4 is 20.5 Å². The largest absolute Gasteiger partial charge is 0.493 e. The average molecular weight is 264 g/mol. The van der Waals surface area contributed by atoms with Crippen molar-refractivity contribution in [1.82, 2.24) is 0 Å². The van der Waals surface area contributed by atoms with E-state index in [4.69, 9.17) is 15.2 Å². The minimum atomic E-state index is 0.257. The molecule has 1 saturated carbocycles. The van der Waals surface area contributed by atoms with Crippen LogP contribution in [0.15, 0.2) is 12.1 Å². The number of anilines is 2. The maximum atomic E-state index is 6.08. The highest BCUT2D eigenvalue weighted by Crippen LogP contribution is 2.64. The summed E-state index contributed by atoms with van der Waals surface area (Å²) < 4.78 is 10.6. The van der Waals surface area contributed by atoms with Gasteiger partial charge in [-0.05, 0) is 10.8 Å². The normalized spacial score (nSPS) is 19.9. The maximum Gasteiger partial charge on any atom is 0.162 e. The zero-order chi connectivity index (χ0) is 14.4. The van der Waals surface area contributed by atoms with Crippen LogP contribution in [0.2, 0.25) is 0 Å². The van der Waals surface area contributed by atoms with Gasteiger partial charge in [0.15, 0.2) is 11.5 Å². The Labute approximate surface area is 115 Å². The molecule has 1 aliphatic carbocycles. The van der Waals surface area contributed by atoms with E-state index in [1.54, 1.807) is 20.3 Å². The van der Waals surface area contributed by atoms with E-state index in [1.165, 1.54) is 0 Å². The van der Waals surface area contributed by atoms with Gasteiger partial charge in [-0.15, -0.1) is 0 Å². The van der Waals surface area contributed by atoms with E-state index in [2.05, 4.69) is 33.0 Å². The number of rotatable bonds is 4. The summed E-state index contributed by atoms with van der Waals surface area (Å²) >= 11 is 0. The van der Waals surface area contributed by atoms with Crippen molar-refractivity contribution in [3.8, 4) is 11.5 Å². The quantitative estimate of drug-likeness (QED) is 0.820. The molecule has 2 rings (SSSR count). The number of nitrogens with one attached hydrogen (secondary N) is 1. The first-order valence-corrected chi connectivity index (χ1v) is 6.53. The minimum absolute atomic E-state index is 0.257. The highest BCUT2D eigenvalue weighted by molar-refractivity contribution is 5.73. The summed E-state index contributed by atoms with van der Waals surface area (Å²) in [5.74, 6) is 1.34. The summed E-state index contributed by atoms with van der Waals surface area (Å²) in [6, 6.07) is 4.10. The smallest absolute Gasteiger partial charge is 0.162 e. The third-order valence-electron chi connectivity index (χ3n) is 4.88. The summed E-state index contributed by atoms with van der Waals surface area (Å²) in [6.07, 6.45) is 0. The van der Waals surface area contributed by atoms with Gasteiger partial charge < -0.3 is 20.5 Å². The van der Waals surface area contributed by atoms with Crippen LogP contribution in [0.3, 0.4) is 0 Å². The van der Waals surface area contributed by atoms with Crippen molar-refractivity contribution in [2.45, 2.75) is 33.7 Å². The van der Waals surface area contributed by atoms with E-state index in [0.717, 1.165) is 5.69 Å². The van der Waals surface area contributed by atoms with Crippen LogP contribution in [0.4, 0.5) is 11.4 Å². The lowest BCUT2D eigenvalue weighted by Crippen LogP contribution is -2.12. The van der Waals surface area contributed by atoms with E-state index in [0.29, 0.717) is 23.2 Å². The van der Waals surface area contributed by atoms with E-state index in [-0.39, 0.29) is 10.8 Å². The fourth-order valence-corrected chi connectivity index (χ4v) is 2.73. The first-order chi connectivity index (χ1) is 8.75. The highest BCUT2D eigenvalue weighted by atomic mass is 16.5. The van der Waals surface area contributed by atoms with Gasteiger partial charge in [0.25, 0.3) is 0 Å². The number of hydrogen-bond donors (Lipinski definition) is 2. The summed E-state index contributed by atoms with van der Waals surface area (Å²) in [6.45, 7) is 9.06. The number of hydrogen-bond acceptors (Lipinski definition) is 4. The van der Waals surface area contributed by atoms with Gasteiger partial charge >= 0.3 is 0 Å². The molecule has 0 bridgehead atoms. The molecule has 0 unspecified atom stereocenters. The maximum absolute atomic E-state index is 6.08. The van der Waals surface area contributed by atoms with Crippen molar-refractivity contribution < 1.29 is 9.47 Å². The third-order valence-corrected chi connectivity index (χ3v) is 4.88. The number of nitrogens with two attached hydrogens (primary N) is 1. The second-order valence-corrected chi connectivity index (χ2v) is 6.32. The Morgan fingerprint density at radius 3 is 1.89 bits per heavy atom. The zero-order valence-corrected chi connectivity index (χ0v) is 12.6. The van der Waals surface area contributed by atoms with E-state index >= 15 is 0 Å². The van der Waals surface area contributed by atoms with Crippen molar-refractivity contribution in [2.24, 2.45) is 10.8 Å². The monoisotopic (exact) mass is 264 g/mol. The highest BCUT2D eigenvalue weighted by Gasteiger charge is 2.65. The van der Waals surface area contributed by atoms with Crippen molar-refractivity contribution in [1.29, 1.82) is 0 Å². The molecule has 1 fully saturated rings. The molecule has 106 valence electrons. The molecule has 0 aromatic heterocycles. The molecule has 0 spiro atoms. The topological polar surface area (TPSA) is 56.5 Å². The van der Waals surface area contributed by atoms with Crippen LogP contribution in [-0.4, -0.2) is 20.3 Å². The van der Waals surface area contributed by atoms with E-state index in [9.17, 15) is 0 Å². The van der Waals surface area contributed by atoms with Crippen LogP contribution in [0.25, 0.3) is 0 Å². The number of methoxy groups -OCH3 is 2. The number of benzene rings is 1. The van der Waals surface area contributed by atoms with E-state index in [1.807, 2.05) is 6.07 Å².